The van der Waals surface area contributed by atoms with E-state index in [4.69, 9.17) is 0 Å². The zero-order valence-corrected chi connectivity index (χ0v) is 19.2. The summed E-state index contributed by atoms with van der Waals surface area (Å²) < 4.78 is 28.8. The van der Waals surface area contributed by atoms with Gasteiger partial charge in [-0.05, 0) is 68.5 Å². The second-order valence-corrected chi connectivity index (χ2v) is 10.2. The van der Waals surface area contributed by atoms with Crippen molar-refractivity contribution in [3.8, 4) is 6.07 Å². The molecule has 33 heavy (non-hydrogen) atoms. The van der Waals surface area contributed by atoms with Gasteiger partial charge < -0.3 is 5.32 Å². The Morgan fingerprint density at radius 1 is 1.15 bits per heavy atom. The van der Waals surface area contributed by atoms with Gasteiger partial charge in [0, 0.05) is 22.5 Å². The molecule has 0 spiro atoms. The van der Waals surface area contributed by atoms with Crippen LogP contribution >= 0.6 is 0 Å². The van der Waals surface area contributed by atoms with E-state index >= 15 is 0 Å². The lowest BCUT2D eigenvalue weighted by Gasteiger charge is -2.31. The highest BCUT2D eigenvalue weighted by atomic mass is 32.2. The van der Waals surface area contributed by atoms with Crippen LogP contribution in [-0.2, 0) is 10.0 Å². The fourth-order valence-corrected chi connectivity index (χ4v) is 6.71. The summed E-state index contributed by atoms with van der Waals surface area (Å²) in [4.78, 5) is 9.12. The number of piperidine rings is 1. The molecule has 168 valence electrons. The third-order valence-corrected chi connectivity index (χ3v) is 8.43. The Morgan fingerprint density at radius 3 is 2.61 bits per heavy atom. The molecule has 7 nitrogen and oxygen atoms in total. The van der Waals surface area contributed by atoms with E-state index < -0.39 is 10.0 Å². The van der Waals surface area contributed by atoms with Gasteiger partial charge in [-0.3, -0.25) is 0 Å². The number of benzene rings is 1. The van der Waals surface area contributed by atoms with E-state index in [9.17, 15) is 13.7 Å². The minimum absolute atomic E-state index is 0.108. The van der Waals surface area contributed by atoms with E-state index in [-0.39, 0.29) is 10.8 Å². The van der Waals surface area contributed by atoms with Gasteiger partial charge in [0.25, 0.3) is 10.0 Å². The summed E-state index contributed by atoms with van der Waals surface area (Å²) >= 11 is 0. The lowest BCUT2D eigenvalue weighted by atomic mass is 9.77. The Kier molecular flexibility index (Phi) is 5.60. The highest BCUT2D eigenvalue weighted by Gasteiger charge is 2.32. The third kappa shape index (κ3) is 3.48. The van der Waals surface area contributed by atoms with Crippen LogP contribution in [0.3, 0.4) is 0 Å². The lowest BCUT2D eigenvalue weighted by Crippen LogP contribution is -2.31. The average Bonchev–Trinajstić information content (AvgIpc) is 3.21. The van der Waals surface area contributed by atoms with Gasteiger partial charge in [0.2, 0.25) is 0 Å². The SMILES string of the molecule is CCC(c1c(C#N)ncc2c1c1cccnc1n2S(=O)(=O)c1ccccc1)C1CCNCC1. The molecule has 4 aromatic rings. The second kappa shape index (κ2) is 8.58. The van der Waals surface area contributed by atoms with Crippen molar-refractivity contribution in [1.82, 2.24) is 19.3 Å². The number of nitrogens with one attached hydrogen (secondary N) is 1. The van der Waals surface area contributed by atoms with Crippen LogP contribution in [0.2, 0.25) is 0 Å². The molecule has 1 saturated heterocycles. The normalized spacial score (nSPS) is 16.1. The van der Waals surface area contributed by atoms with Crippen molar-refractivity contribution < 1.29 is 8.42 Å². The molecule has 0 amide bonds. The molecule has 1 unspecified atom stereocenters. The Bertz CT molecular complexity index is 1470. The number of aromatic nitrogens is 3. The molecule has 8 heteroatoms. The first kappa shape index (κ1) is 21.6. The zero-order valence-electron chi connectivity index (χ0n) is 18.4. The summed E-state index contributed by atoms with van der Waals surface area (Å²) in [6, 6.07) is 14.3. The molecule has 1 atom stereocenters. The standard InChI is InChI=1S/C25H25N5O2S/c1-2-19(17-10-13-27-14-11-17)23-21(15-26)29-16-22-24(23)20-9-6-12-28-25(20)30(22)33(31,32)18-7-4-3-5-8-18/h3-9,12,16-17,19,27H,2,10-11,13-14H2,1H3. The smallest absolute Gasteiger partial charge is 0.269 e. The van der Waals surface area contributed by atoms with Crippen molar-refractivity contribution in [3.05, 3.63) is 66.1 Å². The summed E-state index contributed by atoms with van der Waals surface area (Å²) in [6.45, 7) is 4.02. The Labute approximate surface area is 193 Å². The predicted molar refractivity (Wildman–Crippen MR) is 127 cm³/mol. The maximum Gasteiger partial charge on any atom is 0.269 e. The highest BCUT2D eigenvalue weighted by molar-refractivity contribution is 7.90. The van der Waals surface area contributed by atoms with Crippen LogP contribution in [0.4, 0.5) is 0 Å². The summed E-state index contributed by atoms with van der Waals surface area (Å²) in [5.74, 6) is 0.508. The molecule has 3 aromatic heterocycles. The van der Waals surface area contributed by atoms with Crippen molar-refractivity contribution in [3.63, 3.8) is 0 Å². The monoisotopic (exact) mass is 459 g/mol. The van der Waals surface area contributed by atoms with Gasteiger partial charge >= 0.3 is 0 Å². The van der Waals surface area contributed by atoms with Gasteiger partial charge in [0.1, 0.15) is 11.8 Å². The molecule has 1 aromatic carbocycles. The van der Waals surface area contributed by atoms with Crippen LogP contribution in [0.25, 0.3) is 21.9 Å². The minimum atomic E-state index is -3.92. The van der Waals surface area contributed by atoms with Crippen LogP contribution < -0.4 is 5.32 Å². The van der Waals surface area contributed by atoms with Crippen LogP contribution in [-0.4, -0.2) is 35.4 Å². The lowest BCUT2D eigenvalue weighted by molar-refractivity contribution is 0.313. The molecule has 0 radical (unpaired) electrons. The van der Waals surface area contributed by atoms with Gasteiger partial charge in [0.05, 0.1) is 16.6 Å². The molecular formula is C25H25N5O2S. The Morgan fingerprint density at radius 2 is 1.91 bits per heavy atom. The quantitative estimate of drug-likeness (QED) is 0.480. The molecule has 0 bridgehead atoms. The van der Waals surface area contributed by atoms with Crippen molar-refractivity contribution in [2.75, 3.05) is 13.1 Å². The van der Waals surface area contributed by atoms with E-state index in [1.165, 1.54) is 10.2 Å². The Hall–Kier alpha value is -3.28. The number of nitriles is 1. The van der Waals surface area contributed by atoms with E-state index in [2.05, 4.69) is 28.3 Å². The van der Waals surface area contributed by atoms with Crippen molar-refractivity contribution in [2.24, 2.45) is 5.92 Å². The summed E-state index contributed by atoms with van der Waals surface area (Å²) in [5, 5.41) is 14.9. The van der Waals surface area contributed by atoms with E-state index in [0.717, 1.165) is 48.7 Å². The van der Waals surface area contributed by atoms with E-state index in [0.29, 0.717) is 22.8 Å². The van der Waals surface area contributed by atoms with Gasteiger partial charge in [0.15, 0.2) is 5.65 Å². The zero-order chi connectivity index (χ0) is 23.0. The molecule has 0 aliphatic carbocycles. The van der Waals surface area contributed by atoms with E-state index in [1.54, 1.807) is 36.5 Å². The van der Waals surface area contributed by atoms with E-state index in [1.807, 2.05) is 12.1 Å². The average molecular weight is 460 g/mol. The molecule has 1 N–H and O–H groups in total. The third-order valence-electron chi connectivity index (χ3n) is 6.71. The van der Waals surface area contributed by atoms with Crippen LogP contribution in [0.1, 0.15) is 43.4 Å². The fraction of sp³-hybridized carbons (Fsp3) is 0.320. The van der Waals surface area contributed by atoms with Crippen molar-refractivity contribution >= 4 is 32.0 Å². The minimum Gasteiger partial charge on any atom is -0.317 e. The van der Waals surface area contributed by atoms with Crippen LogP contribution in [0.5, 0.6) is 0 Å². The maximum absolute atomic E-state index is 13.8. The van der Waals surface area contributed by atoms with Crippen molar-refractivity contribution in [1.29, 1.82) is 5.26 Å². The number of nitrogens with zero attached hydrogens (tertiary/aromatic N) is 4. The first-order valence-corrected chi connectivity index (χ1v) is 12.7. The summed E-state index contributed by atoms with van der Waals surface area (Å²) in [5.41, 5.74) is 2.04. The molecule has 1 aliphatic heterocycles. The van der Waals surface area contributed by atoms with Gasteiger partial charge in [-0.2, -0.15) is 5.26 Å². The number of fused-ring (bicyclic) bond motifs is 3. The summed E-state index contributed by atoms with van der Waals surface area (Å²) in [6.07, 6.45) is 5.98. The van der Waals surface area contributed by atoms with Crippen LogP contribution in [0, 0.1) is 17.2 Å². The molecule has 1 fully saturated rings. The number of hydrogen-bond acceptors (Lipinski definition) is 6. The number of hydrogen-bond donors (Lipinski definition) is 1. The van der Waals surface area contributed by atoms with Gasteiger partial charge in [-0.25, -0.2) is 22.4 Å². The predicted octanol–water partition coefficient (Wildman–Crippen LogP) is 4.19. The molecule has 4 heterocycles. The molecule has 0 saturated carbocycles. The highest BCUT2D eigenvalue weighted by Crippen LogP contribution is 2.42. The fourth-order valence-electron chi connectivity index (χ4n) is 5.23. The number of rotatable bonds is 5. The first-order chi connectivity index (χ1) is 16.1. The molecule has 5 rings (SSSR count). The second-order valence-electron chi connectivity index (χ2n) is 8.45. The van der Waals surface area contributed by atoms with Gasteiger partial charge in [-0.15, -0.1) is 0 Å². The topological polar surface area (TPSA) is 101 Å². The number of pyridine rings is 2. The van der Waals surface area contributed by atoms with Crippen LogP contribution in [0.15, 0.2) is 59.8 Å². The molecular weight excluding hydrogens is 434 g/mol. The first-order valence-electron chi connectivity index (χ1n) is 11.3. The Balaban J connectivity index is 1.87. The summed E-state index contributed by atoms with van der Waals surface area (Å²) in [7, 11) is -3.92. The molecule has 1 aliphatic rings. The largest absolute Gasteiger partial charge is 0.317 e. The van der Waals surface area contributed by atoms with Crippen molar-refractivity contribution in [2.45, 2.75) is 37.0 Å². The van der Waals surface area contributed by atoms with Gasteiger partial charge in [-0.1, -0.05) is 25.1 Å². The maximum atomic E-state index is 13.8.